The number of nitrogens with zero attached hydrogens (tertiary/aromatic N) is 3. The maximum Gasteiger partial charge on any atom is 0.242 e. The molecule has 2 rings (SSSR count). The van der Waals surface area contributed by atoms with Crippen LogP contribution >= 0.6 is 0 Å². The Hall–Kier alpha value is -2.81. The van der Waals surface area contributed by atoms with Crippen LogP contribution in [0.1, 0.15) is 18.1 Å². The number of anilines is 2. The van der Waals surface area contributed by atoms with E-state index in [1.54, 1.807) is 6.07 Å². The first-order chi connectivity index (χ1) is 9.74. The molecule has 0 saturated heterocycles. The number of aromatic nitrogens is 2. The molecule has 0 fully saturated rings. The zero-order valence-corrected chi connectivity index (χ0v) is 11.1. The minimum Gasteiger partial charge on any atom is -0.476 e. The number of hydrogen-bond donors (Lipinski definition) is 2. The molecule has 0 aliphatic carbocycles. The van der Waals surface area contributed by atoms with Crippen LogP contribution < -0.4 is 15.8 Å². The van der Waals surface area contributed by atoms with Gasteiger partial charge in [0.05, 0.1) is 18.2 Å². The molecule has 0 aliphatic rings. The van der Waals surface area contributed by atoms with Crippen molar-refractivity contribution in [3.05, 3.63) is 41.7 Å². The molecule has 0 radical (unpaired) electrons. The molecule has 0 bridgehead atoms. The maximum absolute atomic E-state index is 8.86. The van der Waals surface area contributed by atoms with E-state index >= 15 is 0 Å². The third kappa shape index (κ3) is 3.14. The number of rotatable bonds is 5. The fourth-order valence-electron chi connectivity index (χ4n) is 1.71. The Balaban J connectivity index is 2.11. The molecule has 1 aromatic carbocycles. The number of nitrogens with two attached hydrogens (primary N) is 1. The molecule has 0 saturated carbocycles. The van der Waals surface area contributed by atoms with E-state index in [9.17, 15) is 0 Å². The van der Waals surface area contributed by atoms with Crippen molar-refractivity contribution in [2.24, 2.45) is 0 Å². The van der Waals surface area contributed by atoms with E-state index in [1.807, 2.05) is 25.1 Å². The summed E-state index contributed by atoms with van der Waals surface area (Å²) in [6.07, 6.45) is 1.40. The predicted octanol–water partition coefficient (Wildman–Crippen LogP) is 1.94. The van der Waals surface area contributed by atoms with Crippen molar-refractivity contribution >= 4 is 11.5 Å². The van der Waals surface area contributed by atoms with Crippen molar-refractivity contribution in [2.75, 3.05) is 17.7 Å². The van der Waals surface area contributed by atoms with Crippen molar-refractivity contribution in [3.63, 3.8) is 0 Å². The lowest BCUT2D eigenvalue weighted by Gasteiger charge is -2.11. The van der Waals surface area contributed by atoms with Crippen molar-refractivity contribution in [1.29, 1.82) is 5.26 Å². The third-order valence-corrected chi connectivity index (χ3v) is 2.64. The summed E-state index contributed by atoms with van der Waals surface area (Å²) < 4.78 is 5.31. The second-order valence-electron chi connectivity index (χ2n) is 4.04. The summed E-state index contributed by atoms with van der Waals surface area (Å²) in [5, 5.41) is 12.0. The Morgan fingerprint density at radius 3 is 3.00 bits per heavy atom. The SMILES string of the molecule is CCOc1ncnc(NCc2cccc(C#N)c2)c1N. The van der Waals surface area contributed by atoms with Crippen LogP contribution in [-0.4, -0.2) is 16.6 Å². The molecule has 0 atom stereocenters. The van der Waals surface area contributed by atoms with E-state index in [2.05, 4.69) is 21.4 Å². The summed E-state index contributed by atoms with van der Waals surface area (Å²) in [6, 6.07) is 9.44. The van der Waals surface area contributed by atoms with Crippen LogP contribution in [0.25, 0.3) is 0 Å². The molecular formula is C14H15N5O. The van der Waals surface area contributed by atoms with Crippen LogP contribution in [0, 0.1) is 11.3 Å². The highest BCUT2D eigenvalue weighted by Crippen LogP contribution is 2.24. The van der Waals surface area contributed by atoms with E-state index in [-0.39, 0.29) is 0 Å². The Labute approximate surface area is 117 Å². The molecule has 6 nitrogen and oxygen atoms in total. The minimum atomic E-state index is 0.371. The van der Waals surface area contributed by atoms with Gasteiger partial charge in [-0.15, -0.1) is 0 Å². The van der Waals surface area contributed by atoms with Gasteiger partial charge >= 0.3 is 0 Å². The Kier molecular flexibility index (Phi) is 4.35. The lowest BCUT2D eigenvalue weighted by molar-refractivity contribution is 0.328. The smallest absolute Gasteiger partial charge is 0.242 e. The van der Waals surface area contributed by atoms with Crippen LogP contribution in [0.15, 0.2) is 30.6 Å². The van der Waals surface area contributed by atoms with Gasteiger partial charge in [-0.25, -0.2) is 4.98 Å². The second kappa shape index (κ2) is 6.38. The highest BCUT2D eigenvalue weighted by atomic mass is 16.5. The van der Waals surface area contributed by atoms with E-state index in [0.717, 1.165) is 5.56 Å². The second-order valence-corrected chi connectivity index (χ2v) is 4.04. The number of benzene rings is 1. The summed E-state index contributed by atoms with van der Waals surface area (Å²) in [4.78, 5) is 8.06. The minimum absolute atomic E-state index is 0.371. The average Bonchev–Trinajstić information content (AvgIpc) is 2.48. The van der Waals surface area contributed by atoms with Gasteiger partial charge in [-0.2, -0.15) is 10.2 Å². The third-order valence-electron chi connectivity index (χ3n) is 2.64. The maximum atomic E-state index is 8.86. The van der Waals surface area contributed by atoms with Gasteiger partial charge in [0.1, 0.15) is 12.0 Å². The van der Waals surface area contributed by atoms with Crippen molar-refractivity contribution in [2.45, 2.75) is 13.5 Å². The molecule has 0 spiro atoms. The molecule has 1 heterocycles. The fraction of sp³-hybridized carbons (Fsp3) is 0.214. The van der Waals surface area contributed by atoms with E-state index in [1.165, 1.54) is 6.33 Å². The standard InChI is InChI=1S/C14H15N5O/c1-2-20-14-12(16)13(18-9-19-14)17-8-11-5-3-4-10(6-11)7-15/h3-6,9H,2,8,16H2,1H3,(H,17,18,19). The van der Waals surface area contributed by atoms with Gasteiger partial charge in [0.25, 0.3) is 0 Å². The zero-order valence-electron chi connectivity index (χ0n) is 11.1. The van der Waals surface area contributed by atoms with Gasteiger partial charge in [0.2, 0.25) is 5.88 Å². The summed E-state index contributed by atoms with van der Waals surface area (Å²) >= 11 is 0. The topological polar surface area (TPSA) is 96.9 Å². The zero-order chi connectivity index (χ0) is 14.4. The van der Waals surface area contributed by atoms with Gasteiger partial charge in [-0.3, -0.25) is 0 Å². The monoisotopic (exact) mass is 269 g/mol. The molecule has 0 aliphatic heterocycles. The van der Waals surface area contributed by atoms with E-state index in [4.69, 9.17) is 15.7 Å². The van der Waals surface area contributed by atoms with Crippen LogP contribution in [0.5, 0.6) is 5.88 Å². The number of hydrogen-bond acceptors (Lipinski definition) is 6. The number of nitrogen functional groups attached to an aromatic ring is 1. The number of nitriles is 1. The molecule has 0 unspecified atom stereocenters. The molecule has 2 aromatic rings. The molecule has 102 valence electrons. The first-order valence-electron chi connectivity index (χ1n) is 6.20. The summed E-state index contributed by atoms with van der Waals surface area (Å²) in [7, 11) is 0. The molecule has 3 N–H and O–H groups in total. The summed E-state index contributed by atoms with van der Waals surface area (Å²) in [6.45, 7) is 2.87. The first-order valence-corrected chi connectivity index (χ1v) is 6.20. The normalized spacial score (nSPS) is 9.80. The number of ether oxygens (including phenoxy) is 1. The lowest BCUT2D eigenvalue weighted by atomic mass is 10.1. The highest BCUT2D eigenvalue weighted by Gasteiger charge is 2.08. The van der Waals surface area contributed by atoms with E-state index in [0.29, 0.717) is 36.1 Å². The van der Waals surface area contributed by atoms with Crippen molar-refractivity contribution in [1.82, 2.24) is 9.97 Å². The van der Waals surface area contributed by atoms with Gasteiger partial charge in [-0.1, -0.05) is 12.1 Å². The average molecular weight is 269 g/mol. The van der Waals surface area contributed by atoms with Gasteiger partial charge in [0.15, 0.2) is 5.82 Å². The van der Waals surface area contributed by atoms with Crippen LogP contribution in [-0.2, 0) is 6.54 Å². The quantitative estimate of drug-likeness (QED) is 0.861. The molecule has 1 aromatic heterocycles. The van der Waals surface area contributed by atoms with Crippen molar-refractivity contribution < 1.29 is 4.74 Å². The van der Waals surface area contributed by atoms with Gasteiger partial charge in [-0.05, 0) is 24.6 Å². The summed E-state index contributed by atoms with van der Waals surface area (Å²) in [5.41, 5.74) is 7.90. The number of nitrogens with one attached hydrogen (secondary N) is 1. The van der Waals surface area contributed by atoms with Crippen LogP contribution in [0.4, 0.5) is 11.5 Å². The van der Waals surface area contributed by atoms with Crippen LogP contribution in [0.3, 0.4) is 0 Å². The Morgan fingerprint density at radius 1 is 1.40 bits per heavy atom. The lowest BCUT2D eigenvalue weighted by Crippen LogP contribution is -2.08. The Morgan fingerprint density at radius 2 is 2.25 bits per heavy atom. The highest BCUT2D eigenvalue weighted by molar-refractivity contribution is 5.66. The Bertz CT molecular complexity index is 636. The van der Waals surface area contributed by atoms with Gasteiger partial charge in [0, 0.05) is 6.54 Å². The first kappa shape index (κ1) is 13.6. The predicted molar refractivity (Wildman–Crippen MR) is 76.1 cm³/mol. The summed E-state index contributed by atoms with van der Waals surface area (Å²) in [5.74, 6) is 0.890. The molecule has 6 heteroatoms. The fourth-order valence-corrected chi connectivity index (χ4v) is 1.71. The van der Waals surface area contributed by atoms with E-state index < -0.39 is 0 Å². The van der Waals surface area contributed by atoms with Crippen molar-refractivity contribution in [3.8, 4) is 11.9 Å². The largest absolute Gasteiger partial charge is 0.476 e. The molecular weight excluding hydrogens is 254 g/mol. The molecule has 0 amide bonds. The van der Waals surface area contributed by atoms with Gasteiger partial charge < -0.3 is 15.8 Å². The molecule has 20 heavy (non-hydrogen) atoms. The van der Waals surface area contributed by atoms with Crippen LogP contribution in [0.2, 0.25) is 0 Å².